The Morgan fingerprint density at radius 2 is 2.00 bits per heavy atom. The van der Waals surface area contributed by atoms with Crippen molar-refractivity contribution in [2.75, 3.05) is 11.9 Å². The number of halogens is 1. The largest absolute Gasteiger partial charge is 0.325 e. The summed E-state index contributed by atoms with van der Waals surface area (Å²) in [6.07, 6.45) is 1.98. The van der Waals surface area contributed by atoms with E-state index in [2.05, 4.69) is 5.32 Å². The van der Waals surface area contributed by atoms with Gasteiger partial charge in [0.25, 0.3) is 10.0 Å². The number of benzene rings is 1. The van der Waals surface area contributed by atoms with Gasteiger partial charge >= 0.3 is 0 Å². The molecule has 1 amide bonds. The third kappa shape index (κ3) is 3.89. The van der Waals surface area contributed by atoms with Crippen LogP contribution in [0.25, 0.3) is 0 Å². The molecule has 25 heavy (non-hydrogen) atoms. The lowest BCUT2D eigenvalue weighted by molar-refractivity contribution is -0.119. The number of sulfonamides is 1. The van der Waals surface area contributed by atoms with Crippen molar-refractivity contribution in [2.45, 2.75) is 36.4 Å². The Morgan fingerprint density at radius 3 is 2.64 bits per heavy atom. The van der Waals surface area contributed by atoms with Crippen molar-refractivity contribution in [2.24, 2.45) is 0 Å². The number of thiophene rings is 1. The van der Waals surface area contributed by atoms with Crippen LogP contribution in [0.15, 0.2) is 40.6 Å². The van der Waals surface area contributed by atoms with Gasteiger partial charge in [0.2, 0.25) is 5.91 Å². The molecule has 0 radical (unpaired) electrons. The normalized spacial score (nSPS) is 18.4. The van der Waals surface area contributed by atoms with E-state index in [1.165, 1.54) is 15.6 Å². The molecule has 5 nitrogen and oxygen atoms in total. The van der Waals surface area contributed by atoms with Gasteiger partial charge in [-0.25, -0.2) is 8.42 Å². The number of hydrogen-bond donors (Lipinski definition) is 1. The molecule has 1 aromatic heterocycles. The van der Waals surface area contributed by atoms with Gasteiger partial charge in [-0.15, -0.1) is 11.3 Å². The van der Waals surface area contributed by atoms with Crippen LogP contribution >= 0.6 is 22.9 Å². The quantitative estimate of drug-likeness (QED) is 0.833. The van der Waals surface area contributed by atoms with Gasteiger partial charge in [0.05, 0.1) is 0 Å². The van der Waals surface area contributed by atoms with E-state index in [-0.39, 0.29) is 5.91 Å². The van der Waals surface area contributed by atoms with Crippen molar-refractivity contribution >= 4 is 44.6 Å². The summed E-state index contributed by atoms with van der Waals surface area (Å²) in [4.78, 5) is 13.6. The van der Waals surface area contributed by atoms with E-state index in [0.29, 0.717) is 34.3 Å². The fraction of sp³-hybridized carbons (Fsp3) is 0.353. The number of nitrogens with one attached hydrogen (secondary N) is 1. The Bertz CT molecular complexity index is 862. The van der Waals surface area contributed by atoms with E-state index < -0.39 is 16.1 Å². The van der Waals surface area contributed by atoms with Crippen LogP contribution in [0.1, 0.15) is 24.6 Å². The van der Waals surface area contributed by atoms with Crippen LogP contribution in [-0.2, 0) is 21.2 Å². The number of nitrogens with zero attached hydrogens (tertiary/aromatic N) is 1. The first-order chi connectivity index (χ1) is 11.9. The van der Waals surface area contributed by atoms with Crippen molar-refractivity contribution in [3.8, 4) is 0 Å². The Hall–Kier alpha value is -1.41. The monoisotopic (exact) mass is 398 g/mol. The van der Waals surface area contributed by atoms with Crippen LogP contribution < -0.4 is 5.32 Å². The summed E-state index contributed by atoms with van der Waals surface area (Å²) in [5, 5.41) is 3.36. The summed E-state index contributed by atoms with van der Waals surface area (Å²) < 4.78 is 27.5. The maximum atomic E-state index is 12.9. The molecule has 1 saturated heterocycles. The topological polar surface area (TPSA) is 66.5 Å². The van der Waals surface area contributed by atoms with Crippen LogP contribution in [-0.4, -0.2) is 31.2 Å². The minimum absolute atomic E-state index is 0.301. The molecule has 1 aromatic carbocycles. The zero-order chi connectivity index (χ0) is 18.0. The van der Waals surface area contributed by atoms with E-state index >= 15 is 0 Å². The molecule has 3 rings (SSSR count). The Labute approximate surface area is 156 Å². The highest BCUT2D eigenvalue weighted by atomic mass is 35.5. The molecule has 1 aliphatic rings. The molecule has 0 bridgehead atoms. The maximum absolute atomic E-state index is 12.9. The van der Waals surface area contributed by atoms with Crippen molar-refractivity contribution < 1.29 is 13.2 Å². The highest BCUT2D eigenvalue weighted by molar-refractivity contribution is 7.91. The number of rotatable bonds is 5. The van der Waals surface area contributed by atoms with Crippen LogP contribution in [0, 0.1) is 0 Å². The molecule has 1 N–H and O–H groups in total. The molecular weight excluding hydrogens is 380 g/mol. The molecule has 2 heterocycles. The van der Waals surface area contributed by atoms with Gasteiger partial charge in [-0.2, -0.15) is 4.31 Å². The van der Waals surface area contributed by atoms with Crippen molar-refractivity contribution in [1.29, 1.82) is 0 Å². The average molecular weight is 399 g/mol. The summed E-state index contributed by atoms with van der Waals surface area (Å²) in [6, 6.07) is 9.52. The molecule has 1 aliphatic heterocycles. The maximum Gasteiger partial charge on any atom is 0.253 e. The summed E-state index contributed by atoms with van der Waals surface area (Å²) in [7, 11) is -3.65. The zero-order valence-electron chi connectivity index (χ0n) is 13.7. The first kappa shape index (κ1) is 18.4. The average Bonchev–Trinajstić information content (AvgIpc) is 3.26. The highest BCUT2D eigenvalue weighted by Crippen LogP contribution is 2.31. The van der Waals surface area contributed by atoms with Crippen molar-refractivity contribution in [3.63, 3.8) is 0 Å². The number of hydrogen-bond acceptors (Lipinski definition) is 4. The molecule has 8 heteroatoms. The Morgan fingerprint density at radius 1 is 1.28 bits per heavy atom. The number of carbonyl (C=O) groups excluding carboxylic acids is 1. The van der Waals surface area contributed by atoms with Crippen LogP contribution in [0.5, 0.6) is 0 Å². The smallest absolute Gasteiger partial charge is 0.253 e. The zero-order valence-corrected chi connectivity index (χ0v) is 16.1. The molecule has 0 aliphatic carbocycles. The predicted molar refractivity (Wildman–Crippen MR) is 101 cm³/mol. The molecule has 134 valence electrons. The summed E-state index contributed by atoms with van der Waals surface area (Å²) >= 11 is 7.11. The molecule has 2 aromatic rings. The fourth-order valence-corrected chi connectivity index (χ4v) is 6.06. The van der Waals surface area contributed by atoms with Gasteiger partial charge in [-0.3, -0.25) is 4.79 Å². The lowest BCUT2D eigenvalue weighted by Crippen LogP contribution is -2.42. The van der Waals surface area contributed by atoms with Gasteiger partial charge in [-0.05, 0) is 55.7 Å². The lowest BCUT2D eigenvalue weighted by atomic mass is 10.2. The van der Waals surface area contributed by atoms with Gasteiger partial charge < -0.3 is 5.32 Å². The van der Waals surface area contributed by atoms with Gasteiger partial charge in [-0.1, -0.05) is 18.5 Å². The first-order valence-electron chi connectivity index (χ1n) is 8.09. The van der Waals surface area contributed by atoms with Gasteiger partial charge in [0.1, 0.15) is 10.3 Å². The third-order valence-electron chi connectivity index (χ3n) is 4.17. The molecule has 0 saturated carbocycles. The van der Waals surface area contributed by atoms with E-state index in [4.69, 9.17) is 11.6 Å². The summed E-state index contributed by atoms with van der Waals surface area (Å²) in [5.41, 5.74) is 0.600. The van der Waals surface area contributed by atoms with E-state index in [1.807, 2.05) is 13.0 Å². The molecule has 0 spiro atoms. The molecule has 1 atom stereocenters. The second-order valence-corrected chi connectivity index (χ2v) is 9.57. The highest BCUT2D eigenvalue weighted by Gasteiger charge is 2.40. The second-order valence-electron chi connectivity index (χ2n) is 5.84. The fourth-order valence-electron chi connectivity index (χ4n) is 2.85. The van der Waals surface area contributed by atoms with E-state index in [1.54, 1.807) is 30.3 Å². The summed E-state index contributed by atoms with van der Waals surface area (Å²) in [6.45, 7) is 2.35. The predicted octanol–water partition coefficient (Wildman–Crippen LogP) is 3.76. The van der Waals surface area contributed by atoms with Crippen molar-refractivity contribution in [1.82, 2.24) is 4.31 Å². The van der Waals surface area contributed by atoms with Crippen molar-refractivity contribution in [3.05, 3.63) is 46.3 Å². The number of aryl methyl sites for hydroxylation is 1. The van der Waals surface area contributed by atoms with Crippen LogP contribution in [0.2, 0.25) is 5.02 Å². The standard InChI is InChI=1S/C17H19ClN2O3S2/c1-2-14-9-10-16(24-14)25(22,23)20-11-3-4-15(20)17(21)19-13-7-5-12(18)6-8-13/h5-10,15H,2-4,11H2,1H3,(H,19,21)/t15-/m0/s1. The first-order valence-corrected chi connectivity index (χ1v) is 10.7. The Balaban J connectivity index is 1.79. The summed E-state index contributed by atoms with van der Waals surface area (Å²) in [5.74, 6) is -0.310. The van der Waals surface area contributed by atoms with Gasteiger partial charge in [0, 0.05) is 22.1 Å². The number of carbonyl (C=O) groups is 1. The minimum atomic E-state index is -3.65. The third-order valence-corrected chi connectivity index (χ3v) is 8.02. The number of amides is 1. The SMILES string of the molecule is CCc1ccc(S(=O)(=O)N2CCC[C@H]2C(=O)Nc2ccc(Cl)cc2)s1. The van der Waals surface area contributed by atoms with Crippen LogP contribution in [0.4, 0.5) is 5.69 Å². The van der Waals surface area contributed by atoms with E-state index in [0.717, 1.165) is 11.3 Å². The minimum Gasteiger partial charge on any atom is -0.325 e. The van der Waals surface area contributed by atoms with Gasteiger partial charge in [0.15, 0.2) is 0 Å². The second kappa shape index (κ2) is 7.45. The molecule has 0 unspecified atom stereocenters. The van der Waals surface area contributed by atoms with Crippen LogP contribution in [0.3, 0.4) is 0 Å². The molecule has 1 fully saturated rings. The van der Waals surface area contributed by atoms with E-state index in [9.17, 15) is 13.2 Å². The number of anilines is 1. The lowest BCUT2D eigenvalue weighted by Gasteiger charge is -2.22. The molecular formula is C17H19ClN2O3S2. The Kier molecular flexibility index (Phi) is 5.48.